The first kappa shape index (κ1) is 14.3. The number of hydrogen-bond donors (Lipinski definition) is 1. The van der Waals surface area contributed by atoms with E-state index in [1.807, 2.05) is 18.2 Å². The van der Waals surface area contributed by atoms with Crippen LogP contribution in [0.3, 0.4) is 0 Å². The Balaban J connectivity index is 0.00000147. The summed E-state index contributed by atoms with van der Waals surface area (Å²) in [6, 6.07) is 9.54. The number of nitrogens with one attached hydrogen (secondary N) is 1. The third-order valence-corrected chi connectivity index (χ3v) is 3.56. The third kappa shape index (κ3) is 3.07. The first-order valence-corrected chi connectivity index (χ1v) is 6.73. The number of pyridine rings is 2. The molecule has 20 heavy (non-hydrogen) atoms. The van der Waals surface area contributed by atoms with Crippen LogP contribution in [0, 0.1) is 0 Å². The SMILES string of the molecule is C.O=c1ccccn1-c1ccc(NC2CCCC2)nc1. The Morgan fingerprint density at radius 3 is 2.60 bits per heavy atom. The second-order valence-corrected chi connectivity index (χ2v) is 4.94. The Labute approximate surface area is 119 Å². The average Bonchev–Trinajstić information content (AvgIpc) is 2.93. The summed E-state index contributed by atoms with van der Waals surface area (Å²) in [7, 11) is 0. The van der Waals surface area contributed by atoms with Crippen molar-refractivity contribution < 1.29 is 0 Å². The molecule has 1 fully saturated rings. The summed E-state index contributed by atoms with van der Waals surface area (Å²) in [6.45, 7) is 0. The van der Waals surface area contributed by atoms with Gasteiger partial charge in [-0.1, -0.05) is 26.3 Å². The van der Waals surface area contributed by atoms with Gasteiger partial charge in [-0.2, -0.15) is 0 Å². The van der Waals surface area contributed by atoms with E-state index in [0.717, 1.165) is 11.5 Å². The lowest BCUT2D eigenvalue weighted by Gasteiger charge is -2.13. The van der Waals surface area contributed by atoms with Gasteiger partial charge in [-0.3, -0.25) is 9.36 Å². The van der Waals surface area contributed by atoms with E-state index >= 15 is 0 Å². The van der Waals surface area contributed by atoms with E-state index in [-0.39, 0.29) is 13.0 Å². The summed E-state index contributed by atoms with van der Waals surface area (Å²) >= 11 is 0. The van der Waals surface area contributed by atoms with Crippen molar-refractivity contribution in [2.24, 2.45) is 0 Å². The summed E-state index contributed by atoms with van der Waals surface area (Å²) in [6.07, 6.45) is 8.54. The van der Waals surface area contributed by atoms with Crippen LogP contribution in [0.2, 0.25) is 0 Å². The predicted octanol–water partition coefficient (Wildman–Crippen LogP) is 3.22. The van der Waals surface area contributed by atoms with Crippen LogP contribution in [0.15, 0.2) is 47.5 Å². The molecule has 0 amide bonds. The highest BCUT2D eigenvalue weighted by Crippen LogP contribution is 2.21. The van der Waals surface area contributed by atoms with Gasteiger partial charge >= 0.3 is 0 Å². The van der Waals surface area contributed by atoms with Crippen molar-refractivity contribution >= 4 is 5.82 Å². The Bertz CT molecular complexity index is 598. The van der Waals surface area contributed by atoms with E-state index in [4.69, 9.17) is 0 Å². The molecule has 1 aliphatic rings. The van der Waals surface area contributed by atoms with E-state index in [1.165, 1.54) is 25.7 Å². The molecule has 0 aromatic carbocycles. The van der Waals surface area contributed by atoms with E-state index in [9.17, 15) is 4.79 Å². The number of nitrogens with zero attached hydrogens (tertiary/aromatic N) is 2. The average molecular weight is 271 g/mol. The molecule has 0 saturated heterocycles. The fraction of sp³-hybridized carbons (Fsp3) is 0.375. The normalized spacial score (nSPS) is 14.8. The topological polar surface area (TPSA) is 46.9 Å². The molecule has 1 N–H and O–H groups in total. The van der Waals surface area contributed by atoms with E-state index in [0.29, 0.717) is 6.04 Å². The fourth-order valence-corrected chi connectivity index (χ4v) is 2.53. The maximum atomic E-state index is 11.7. The molecule has 4 nitrogen and oxygen atoms in total. The number of aromatic nitrogens is 2. The van der Waals surface area contributed by atoms with Crippen LogP contribution in [-0.2, 0) is 0 Å². The van der Waals surface area contributed by atoms with Crippen LogP contribution < -0.4 is 10.9 Å². The van der Waals surface area contributed by atoms with Gasteiger partial charge in [0.05, 0.1) is 11.9 Å². The summed E-state index contributed by atoms with van der Waals surface area (Å²) < 4.78 is 1.59. The van der Waals surface area contributed by atoms with Crippen molar-refractivity contribution in [1.29, 1.82) is 0 Å². The van der Waals surface area contributed by atoms with Crippen LogP contribution in [0.1, 0.15) is 33.1 Å². The fourth-order valence-electron chi connectivity index (χ4n) is 2.53. The molecule has 1 saturated carbocycles. The number of hydrogen-bond acceptors (Lipinski definition) is 3. The first-order chi connectivity index (χ1) is 9.33. The minimum Gasteiger partial charge on any atom is -0.367 e. The highest BCUT2D eigenvalue weighted by molar-refractivity contribution is 5.41. The summed E-state index contributed by atoms with van der Waals surface area (Å²) in [5, 5.41) is 3.44. The zero-order valence-electron chi connectivity index (χ0n) is 10.7. The standard InChI is InChI=1S/C15H17N3O.CH4/c19-15-7-3-4-10-18(15)13-8-9-14(16-11-13)17-12-5-1-2-6-12;/h3-4,7-12H,1-2,5-6H2,(H,16,17);1H4. The maximum Gasteiger partial charge on any atom is 0.255 e. The van der Waals surface area contributed by atoms with Crippen LogP contribution in [-0.4, -0.2) is 15.6 Å². The summed E-state index contributed by atoms with van der Waals surface area (Å²) in [5.41, 5.74) is 0.753. The van der Waals surface area contributed by atoms with Gasteiger partial charge in [0.1, 0.15) is 5.82 Å². The van der Waals surface area contributed by atoms with E-state index < -0.39 is 0 Å². The van der Waals surface area contributed by atoms with Gasteiger partial charge in [-0.15, -0.1) is 0 Å². The lowest BCUT2D eigenvalue weighted by Crippen LogP contribution is -2.17. The van der Waals surface area contributed by atoms with Gasteiger partial charge in [0.2, 0.25) is 0 Å². The molecule has 0 atom stereocenters. The van der Waals surface area contributed by atoms with Gasteiger partial charge < -0.3 is 5.32 Å². The van der Waals surface area contributed by atoms with Gasteiger partial charge in [-0.05, 0) is 31.0 Å². The minimum absolute atomic E-state index is 0. The second-order valence-electron chi connectivity index (χ2n) is 4.94. The largest absolute Gasteiger partial charge is 0.367 e. The van der Waals surface area contributed by atoms with Crippen LogP contribution in [0.5, 0.6) is 0 Å². The van der Waals surface area contributed by atoms with Crippen molar-refractivity contribution in [3.63, 3.8) is 0 Å². The Hall–Kier alpha value is -2.10. The lowest BCUT2D eigenvalue weighted by molar-refractivity contribution is 0.750. The molecule has 0 radical (unpaired) electrons. The van der Waals surface area contributed by atoms with Crippen molar-refractivity contribution in [2.75, 3.05) is 5.32 Å². The Morgan fingerprint density at radius 2 is 1.95 bits per heavy atom. The highest BCUT2D eigenvalue weighted by atomic mass is 16.1. The first-order valence-electron chi connectivity index (χ1n) is 6.73. The van der Waals surface area contributed by atoms with Crippen molar-refractivity contribution in [1.82, 2.24) is 9.55 Å². The molecule has 0 aliphatic heterocycles. The second kappa shape index (κ2) is 6.37. The van der Waals surface area contributed by atoms with Crippen molar-refractivity contribution in [2.45, 2.75) is 39.2 Å². The van der Waals surface area contributed by atoms with E-state index in [1.54, 1.807) is 29.1 Å². The molecule has 2 aromatic rings. The molecular formula is C16H21N3O. The van der Waals surface area contributed by atoms with Crippen LogP contribution >= 0.6 is 0 Å². The molecule has 2 aromatic heterocycles. The van der Waals surface area contributed by atoms with E-state index in [2.05, 4.69) is 10.3 Å². The zero-order chi connectivity index (χ0) is 13.1. The van der Waals surface area contributed by atoms with Gasteiger partial charge in [0, 0.05) is 18.3 Å². The number of rotatable bonds is 3. The highest BCUT2D eigenvalue weighted by Gasteiger charge is 2.14. The third-order valence-electron chi connectivity index (χ3n) is 3.56. The van der Waals surface area contributed by atoms with Gasteiger partial charge in [0.15, 0.2) is 0 Å². The Kier molecular flexibility index (Phi) is 4.56. The molecule has 0 spiro atoms. The summed E-state index contributed by atoms with van der Waals surface area (Å²) in [4.78, 5) is 16.1. The smallest absolute Gasteiger partial charge is 0.255 e. The molecule has 106 valence electrons. The minimum atomic E-state index is -0.0409. The lowest BCUT2D eigenvalue weighted by atomic mass is 10.2. The van der Waals surface area contributed by atoms with Crippen LogP contribution in [0.25, 0.3) is 5.69 Å². The quantitative estimate of drug-likeness (QED) is 0.932. The van der Waals surface area contributed by atoms with Gasteiger partial charge in [0.25, 0.3) is 5.56 Å². The number of anilines is 1. The van der Waals surface area contributed by atoms with Crippen LogP contribution in [0.4, 0.5) is 5.82 Å². The molecule has 1 aliphatic carbocycles. The molecule has 4 heteroatoms. The molecule has 0 unspecified atom stereocenters. The zero-order valence-corrected chi connectivity index (χ0v) is 10.7. The maximum absolute atomic E-state index is 11.7. The molecule has 0 bridgehead atoms. The molecule has 2 heterocycles. The molecule has 3 rings (SSSR count). The van der Waals surface area contributed by atoms with Crippen molar-refractivity contribution in [3.05, 3.63) is 53.1 Å². The monoisotopic (exact) mass is 271 g/mol. The molecular weight excluding hydrogens is 250 g/mol. The Morgan fingerprint density at radius 1 is 1.15 bits per heavy atom. The predicted molar refractivity (Wildman–Crippen MR) is 82.4 cm³/mol. The van der Waals surface area contributed by atoms with Crippen molar-refractivity contribution in [3.8, 4) is 5.69 Å². The van der Waals surface area contributed by atoms with Gasteiger partial charge in [-0.25, -0.2) is 4.98 Å². The summed E-state index contributed by atoms with van der Waals surface area (Å²) in [5.74, 6) is 0.889.